The molecule has 2 aromatic heterocycles. The van der Waals surface area contributed by atoms with E-state index in [1.807, 2.05) is 74.3 Å². The van der Waals surface area contributed by atoms with Gasteiger partial charge in [-0.2, -0.15) is 0 Å². The second-order valence-electron chi connectivity index (χ2n) is 9.02. The highest BCUT2D eigenvalue weighted by Gasteiger charge is 2.24. The number of rotatable bonds is 7. The van der Waals surface area contributed by atoms with Crippen LogP contribution in [0.3, 0.4) is 0 Å². The molecule has 0 fully saturated rings. The fourth-order valence-electron chi connectivity index (χ4n) is 4.57. The molecule has 35 heavy (non-hydrogen) atoms. The number of nitrogens with zero attached hydrogens (tertiary/aromatic N) is 3. The molecule has 0 unspecified atom stereocenters. The Bertz CT molecular complexity index is 1460. The first kappa shape index (κ1) is 22.9. The molecule has 5 rings (SSSR count). The van der Waals surface area contributed by atoms with Crippen molar-refractivity contribution in [2.24, 2.45) is 0 Å². The van der Waals surface area contributed by atoms with Crippen molar-refractivity contribution in [2.45, 2.75) is 33.0 Å². The third kappa shape index (κ3) is 4.70. The number of Topliss-reactive ketones (excluding diaryl/α,β-unsaturated/α-hetero) is 1. The monoisotopic (exact) mass is 472 g/mol. The summed E-state index contributed by atoms with van der Waals surface area (Å²) in [5.41, 5.74) is 3.06. The van der Waals surface area contributed by atoms with Crippen LogP contribution in [0.5, 0.6) is 11.5 Å². The molecule has 1 atom stereocenters. The van der Waals surface area contributed by atoms with Crippen LogP contribution in [0.1, 0.15) is 27.6 Å². The second-order valence-corrected chi connectivity index (χ2v) is 9.02. The Morgan fingerprint density at radius 2 is 1.89 bits per heavy atom. The van der Waals surface area contributed by atoms with Gasteiger partial charge < -0.3 is 19.0 Å². The number of aromatic nitrogens is 3. The number of likely N-dealkylation sites (N-methyl/N-ethyl adjacent to an activating group) is 1. The van der Waals surface area contributed by atoms with Gasteiger partial charge in [0.15, 0.2) is 23.4 Å². The summed E-state index contributed by atoms with van der Waals surface area (Å²) < 4.78 is 14.1. The standard InChI is InChI=1S/C27H28N4O4/c1-17-12-21(18(2)31(17)13-19-16-34-24-10-6-7-11-25(24)35-19)23(32)14-30(3)15-26-28-22-9-5-4-8-20(22)27(33)29-26/h4-12,19H,13-16H2,1-3H3,(H,28,29,33)/t19-/m1/s1. The van der Waals surface area contributed by atoms with Crippen molar-refractivity contribution < 1.29 is 14.3 Å². The lowest BCUT2D eigenvalue weighted by atomic mass is 10.1. The molecule has 4 aromatic rings. The molecule has 0 aliphatic carbocycles. The molecule has 1 aliphatic rings. The largest absolute Gasteiger partial charge is 0.486 e. The number of ether oxygens (including phenoxy) is 2. The van der Waals surface area contributed by atoms with Crippen LogP contribution in [0.25, 0.3) is 10.9 Å². The first-order valence-corrected chi connectivity index (χ1v) is 11.6. The predicted octanol–water partition coefficient (Wildman–Crippen LogP) is 3.50. The van der Waals surface area contributed by atoms with Gasteiger partial charge in [0.05, 0.1) is 30.5 Å². The van der Waals surface area contributed by atoms with Crippen molar-refractivity contribution in [1.29, 1.82) is 0 Å². The molecule has 2 aromatic carbocycles. The van der Waals surface area contributed by atoms with Crippen molar-refractivity contribution in [2.75, 3.05) is 20.2 Å². The molecule has 0 saturated heterocycles. The number of aromatic amines is 1. The maximum Gasteiger partial charge on any atom is 0.258 e. The van der Waals surface area contributed by atoms with Crippen LogP contribution in [0.15, 0.2) is 59.4 Å². The first-order valence-electron chi connectivity index (χ1n) is 11.6. The Balaban J connectivity index is 1.26. The van der Waals surface area contributed by atoms with Crippen LogP contribution >= 0.6 is 0 Å². The van der Waals surface area contributed by atoms with E-state index in [-0.39, 0.29) is 24.0 Å². The average molecular weight is 473 g/mol. The van der Waals surface area contributed by atoms with Gasteiger partial charge in [0, 0.05) is 17.0 Å². The molecule has 0 radical (unpaired) electrons. The Morgan fingerprint density at radius 3 is 2.71 bits per heavy atom. The summed E-state index contributed by atoms with van der Waals surface area (Å²) in [5, 5.41) is 0.554. The summed E-state index contributed by atoms with van der Waals surface area (Å²) in [6, 6.07) is 16.8. The predicted molar refractivity (Wildman–Crippen MR) is 133 cm³/mol. The van der Waals surface area contributed by atoms with E-state index in [0.717, 1.165) is 22.9 Å². The minimum Gasteiger partial charge on any atom is -0.486 e. The van der Waals surface area contributed by atoms with Gasteiger partial charge in [0.1, 0.15) is 12.4 Å². The molecular weight excluding hydrogens is 444 g/mol. The van der Waals surface area contributed by atoms with Crippen molar-refractivity contribution in [3.05, 3.63) is 87.7 Å². The van der Waals surface area contributed by atoms with Crippen LogP contribution in [0.4, 0.5) is 0 Å². The van der Waals surface area contributed by atoms with E-state index in [1.54, 1.807) is 6.07 Å². The Labute approximate surface area is 203 Å². The highest BCUT2D eigenvalue weighted by Crippen LogP contribution is 2.31. The number of hydrogen-bond donors (Lipinski definition) is 1. The van der Waals surface area contributed by atoms with E-state index in [1.165, 1.54) is 0 Å². The van der Waals surface area contributed by atoms with Crippen LogP contribution in [0.2, 0.25) is 0 Å². The number of H-pyrrole nitrogens is 1. The fraction of sp³-hybridized carbons (Fsp3) is 0.296. The normalized spacial score (nSPS) is 15.0. The molecule has 8 heteroatoms. The molecule has 3 heterocycles. The van der Waals surface area contributed by atoms with E-state index in [2.05, 4.69) is 14.5 Å². The molecule has 180 valence electrons. The molecule has 1 aliphatic heterocycles. The lowest BCUT2D eigenvalue weighted by Gasteiger charge is -2.27. The minimum atomic E-state index is -0.176. The van der Waals surface area contributed by atoms with Gasteiger partial charge in [-0.3, -0.25) is 14.5 Å². The third-order valence-electron chi connectivity index (χ3n) is 6.32. The number of fused-ring (bicyclic) bond motifs is 2. The van der Waals surface area contributed by atoms with Crippen LogP contribution in [-0.4, -0.2) is 51.5 Å². The molecule has 8 nitrogen and oxygen atoms in total. The van der Waals surface area contributed by atoms with Gasteiger partial charge in [0.25, 0.3) is 5.56 Å². The number of aryl methyl sites for hydroxylation is 1. The lowest BCUT2D eigenvalue weighted by Crippen LogP contribution is -2.33. The number of ketones is 1. The average Bonchev–Trinajstić information content (AvgIpc) is 3.12. The summed E-state index contributed by atoms with van der Waals surface area (Å²) in [6.45, 7) is 5.57. The van der Waals surface area contributed by atoms with Gasteiger partial charge in [-0.1, -0.05) is 24.3 Å². The summed E-state index contributed by atoms with van der Waals surface area (Å²) >= 11 is 0. The zero-order valence-corrected chi connectivity index (χ0v) is 20.1. The van der Waals surface area contributed by atoms with E-state index in [0.29, 0.717) is 42.0 Å². The maximum atomic E-state index is 13.2. The zero-order valence-electron chi connectivity index (χ0n) is 20.1. The van der Waals surface area contributed by atoms with E-state index in [9.17, 15) is 9.59 Å². The summed E-state index contributed by atoms with van der Waals surface area (Å²) in [6.07, 6.45) is -0.142. The smallest absolute Gasteiger partial charge is 0.258 e. The van der Waals surface area contributed by atoms with E-state index >= 15 is 0 Å². The van der Waals surface area contributed by atoms with Crippen LogP contribution in [0, 0.1) is 13.8 Å². The number of hydrogen-bond acceptors (Lipinski definition) is 6. The van der Waals surface area contributed by atoms with Crippen molar-refractivity contribution in [3.8, 4) is 11.5 Å². The Morgan fingerprint density at radius 1 is 1.14 bits per heavy atom. The van der Waals surface area contributed by atoms with Crippen molar-refractivity contribution >= 4 is 16.7 Å². The third-order valence-corrected chi connectivity index (χ3v) is 6.32. The topological polar surface area (TPSA) is 89.5 Å². The Kier molecular flexibility index (Phi) is 6.13. The summed E-state index contributed by atoms with van der Waals surface area (Å²) in [5.74, 6) is 2.04. The fourth-order valence-corrected chi connectivity index (χ4v) is 4.57. The van der Waals surface area contributed by atoms with Gasteiger partial charge in [-0.05, 0) is 51.2 Å². The number of para-hydroxylation sites is 3. The Hall–Kier alpha value is -3.91. The quantitative estimate of drug-likeness (QED) is 0.414. The lowest BCUT2D eigenvalue weighted by molar-refractivity contribution is 0.0777. The minimum absolute atomic E-state index is 0.0149. The second kappa shape index (κ2) is 9.38. The van der Waals surface area contributed by atoms with Crippen molar-refractivity contribution in [1.82, 2.24) is 19.4 Å². The maximum absolute atomic E-state index is 13.2. The number of carbonyl (C=O) groups excluding carboxylic acids is 1. The molecular formula is C27H28N4O4. The SMILES string of the molecule is Cc1cc(C(=O)CN(C)Cc2nc3ccccc3c(=O)[nH]2)c(C)n1C[C@@H]1COc2ccccc2O1. The van der Waals surface area contributed by atoms with Crippen LogP contribution < -0.4 is 15.0 Å². The molecule has 1 N–H and O–H groups in total. The van der Waals surface area contributed by atoms with Gasteiger partial charge >= 0.3 is 0 Å². The molecule has 0 amide bonds. The number of benzene rings is 2. The zero-order chi connectivity index (χ0) is 24.5. The van der Waals surface area contributed by atoms with Gasteiger partial charge in [-0.15, -0.1) is 0 Å². The number of carbonyl (C=O) groups is 1. The van der Waals surface area contributed by atoms with Crippen LogP contribution in [-0.2, 0) is 13.1 Å². The molecule has 0 saturated carbocycles. The summed E-state index contributed by atoms with van der Waals surface area (Å²) in [4.78, 5) is 34.7. The first-order chi connectivity index (χ1) is 16.9. The van der Waals surface area contributed by atoms with E-state index < -0.39 is 0 Å². The molecule has 0 bridgehead atoms. The van der Waals surface area contributed by atoms with E-state index in [4.69, 9.17) is 9.47 Å². The highest BCUT2D eigenvalue weighted by molar-refractivity contribution is 5.99. The van der Waals surface area contributed by atoms with Gasteiger partial charge in [-0.25, -0.2) is 4.98 Å². The van der Waals surface area contributed by atoms with Gasteiger partial charge in [0.2, 0.25) is 0 Å². The highest BCUT2D eigenvalue weighted by atomic mass is 16.6. The summed E-state index contributed by atoms with van der Waals surface area (Å²) in [7, 11) is 1.84. The van der Waals surface area contributed by atoms with Crippen molar-refractivity contribution in [3.63, 3.8) is 0 Å². The molecule has 0 spiro atoms. The number of nitrogens with one attached hydrogen (secondary N) is 1.